The summed E-state index contributed by atoms with van der Waals surface area (Å²) < 4.78 is 12.4. The third-order valence-corrected chi connectivity index (χ3v) is 4.38. The second-order valence-electron chi connectivity index (χ2n) is 6.06. The van der Waals surface area contributed by atoms with Crippen molar-refractivity contribution in [3.05, 3.63) is 58.6 Å². The van der Waals surface area contributed by atoms with Gasteiger partial charge in [-0.05, 0) is 62.1 Å². The Kier molecular flexibility index (Phi) is 8.48. The molecular formula is C21H26BrNO3. The van der Waals surface area contributed by atoms with E-state index in [0.717, 1.165) is 36.1 Å². The zero-order valence-corrected chi connectivity index (χ0v) is 16.9. The summed E-state index contributed by atoms with van der Waals surface area (Å²) in [7, 11) is 0. The van der Waals surface area contributed by atoms with Crippen LogP contribution in [0.2, 0.25) is 0 Å². The molecule has 1 amide bonds. The molecule has 140 valence electrons. The summed E-state index contributed by atoms with van der Waals surface area (Å²) in [5, 5.41) is 2.93. The van der Waals surface area contributed by atoms with Gasteiger partial charge in [0.2, 0.25) is 0 Å². The second-order valence-corrected chi connectivity index (χ2v) is 6.98. The second kappa shape index (κ2) is 10.9. The Labute approximate surface area is 164 Å². The van der Waals surface area contributed by atoms with Crippen molar-refractivity contribution in [3.8, 4) is 11.5 Å². The van der Waals surface area contributed by atoms with Crippen molar-refractivity contribution >= 4 is 21.8 Å². The molecule has 1 atom stereocenters. The minimum absolute atomic E-state index is 0.108. The SMILES string of the molecule is CCCOc1ccccc1CCCNC(=O)[C@H](C)Oc1ccc(Br)cc1. The summed E-state index contributed by atoms with van der Waals surface area (Å²) in [6, 6.07) is 15.5. The van der Waals surface area contributed by atoms with Gasteiger partial charge in [-0.1, -0.05) is 41.1 Å². The van der Waals surface area contributed by atoms with Gasteiger partial charge in [0.1, 0.15) is 11.5 Å². The Morgan fingerprint density at radius 1 is 1.15 bits per heavy atom. The minimum atomic E-state index is -0.531. The molecular weight excluding hydrogens is 394 g/mol. The van der Waals surface area contributed by atoms with E-state index in [2.05, 4.69) is 34.2 Å². The predicted molar refractivity (Wildman–Crippen MR) is 108 cm³/mol. The molecule has 2 rings (SSSR count). The number of carbonyl (C=O) groups excluding carboxylic acids is 1. The molecule has 0 radical (unpaired) electrons. The molecule has 0 saturated carbocycles. The number of ether oxygens (including phenoxy) is 2. The molecule has 0 saturated heterocycles. The van der Waals surface area contributed by atoms with Gasteiger partial charge in [0.05, 0.1) is 6.61 Å². The van der Waals surface area contributed by atoms with Crippen LogP contribution in [-0.4, -0.2) is 25.2 Å². The van der Waals surface area contributed by atoms with Crippen molar-refractivity contribution in [2.75, 3.05) is 13.2 Å². The number of amides is 1. The van der Waals surface area contributed by atoms with E-state index in [9.17, 15) is 4.79 Å². The maximum atomic E-state index is 12.2. The highest BCUT2D eigenvalue weighted by Gasteiger charge is 2.14. The lowest BCUT2D eigenvalue weighted by Gasteiger charge is -2.15. The largest absolute Gasteiger partial charge is 0.493 e. The van der Waals surface area contributed by atoms with Crippen molar-refractivity contribution in [1.29, 1.82) is 0 Å². The summed E-state index contributed by atoms with van der Waals surface area (Å²) in [5.74, 6) is 1.51. The maximum Gasteiger partial charge on any atom is 0.260 e. The van der Waals surface area contributed by atoms with Gasteiger partial charge >= 0.3 is 0 Å². The standard InChI is InChI=1S/C21H26BrNO3/c1-3-15-25-20-9-5-4-7-17(20)8-6-14-23-21(24)16(2)26-19-12-10-18(22)11-13-19/h4-5,7,9-13,16H,3,6,8,14-15H2,1-2H3,(H,23,24)/t16-/m0/s1. The first-order chi connectivity index (χ1) is 12.6. The average Bonchev–Trinajstić information content (AvgIpc) is 2.66. The Morgan fingerprint density at radius 2 is 1.88 bits per heavy atom. The van der Waals surface area contributed by atoms with Crippen LogP contribution < -0.4 is 14.8 Å². The van der Waals surface area contributed by atoms with E-state index in [1.165, 1.54) is 5.56 Å². The topological polar surface area (TPSA) is 47.6 Å². The summed E-state index contributed by atoms with van der Waals surface area (Å²) in [6.07, 6.45) is 2.17. The number of benzene rings is 2. The first kappa shape index (κ1) is 20.3. The van der Waals surface area contributed by atoms with Crippen LogP contribution in [0, 0.1) is 0 Å². The van der Waals surface area contributed by atoms with Crippen LogP contribution in [-0.2, 0) is 11.2 Å². The van der Waals surface area contributed by atoms with E-state index in [0.29, 0.717) is 12.3 Å². The number of hydrogen-bond donors (Lipinski definition) is 1. The van der Waals surface area contributed by atoms with E-state index in [1.54, 1.807) is 6.92 Å². The average molecular weight is 420 g/mol. The molecule has 5 heteroatoms. The quantitative estimate of drug-likeness (QED) is 0.564. The summed E-state index contributed by atoms with van der Waals surface area (Å²) in [4.78, 5) is 12.2. The Morgan fingerprint density at radius 3 is 2.62 bits per heavy atom. The van der Waals surface area contributed by atoms with Crippen LogP contribution >= 0.6 is 15.9 Å². The van der Waals surface area contributed by atoms with Crippen LogP contribution in [0.15, 0.2) is 53.0 Å². The number of para-hydroxylation sites is 1. The van der Waals surface area contributed by atoms with Gasteiger partial charge in [-0.3, -0.25) is 4.79 Å². The van der Waals surface area contributed by atoms with Gasteiger partial charge in [-0.25, -0.2) is 0 Å². The molecule has 0 aliphatic carbocycles. The van der Waals surface area contributed by atoms with E-state index in [-0.39, 0.29) is 5.91 Å². The molecule has 4 nitrogen and oxygen atoms in total. The van der Waals surface area contributed by atoms with Crippen molar-refractivity contribution < 1.29 is 14.3 Å². The highest BCUT2D eigenvalue weighted by Crippen LogP contribution is 2.20. The molecule has 0 spiro atoms. The number of hydrogen-bond acceptors (Lipinski definition) is 3. The zero-order chi connectivity index (χ0) is 18.8. The lowest BCUT2D eigenvalue weighted by molar-refractivity contribution is -0.127. The Bertz CT molecular complexity index is 688. The molecule has 2 aromatic rings. The normalized spacial score (nSPS) is 11.7. The van der Waals surface area contributed by atoms with Crippen LogP contribution in [0.25, 0.3) is 0 Å². The first-order valence-electron chi connectivity index (χ1n) is 9.00. The molecule has 1 N–H and O–H groups in total. The number of rotatable bonds is 10. The number of carbonyl (C=O) groups is 1. The summed E-state index contributed by atoms with van der Waals surface area (Å²) in [6.45, 7) is 5.18. The Hall–Kier alpha value is -2.01. The highest BCUT2D eigenvalue weighted by molar-refractivity contribution is 9.10. The van der Waals surface area contributed by atoms with E-state index >= 15 is 0 Å². The van der Waals surface area contributed by atoms with Gasteiger partial charge in [0, 0.05) is 11.0 Å². The summed E-state index contributed by atoms with van der Waals surface area (Å²) in [5.41, 5.74) is 1.18. The molecule has 0 unspecified atom stereocenters. The molecule has 0 aliphatic rings. The first-order valence-corrected chi connectivity index (χ1v) is 9.80. The fourth-order valence-electron chi connectivity index (χ4n) is 2.47. The Balaban J connectivity index is 1.73. The van der Waals surface area contributed by atoms with Gasteiger partial charge in [-0.2, -0.15) is 0 Å². The monoisotopic (exact) mass is 419 g/mol. The number of aryl methyl sites for hydroxylation is 1. The van der Waals surface area contributed by atoms with E-state index in [4.69, 9.17) is 9.47 Å². The zero-order valence-electron chi connectivity index (χ0n) is 15.3. The molecule has 0 aliphatic heterocycles. The third kappa shape index (κ3) is 6.71. The van der Waals surface area contributed by atoms with Crippen molar-refractivity contribution in [2.45, 2.75) is 39.2 Å². The van der Waals surface area contributed by atoms with Crippen molar-refractivity contribution in [3.63, 3.8) is 0 Å². The molecule has 0 aromatic heterocycles. The van der Waals surface area contributed by atoms with Gasteiger partial charge < -0.3 is 14.8 Å². The number of halogens is 1. The van der Waals surface area contributed by atoms with Crippen molar-refractivity contribution in [2.24, 2.45) is 0 Å². The molecule has 26 heavy (non-hydrogen) atoms. The van der Waals surface area contributed by atoms with Crippen LogP contribution in [0.5, 0.6) is 11.5 Å². The third-order valence-electron chi connectivity index (χ3n) is 3.85. The maximum absolute atomic E-state index is 12.2. The van der Waals surface area contributed by atoms with E-state index < -0.39 is 6.10 Å². The molecule has 0 heterocycles. The molecule has 2 aromatic carbocycles. The smallest absolute Gasteiger partial charge is 0.260 e. The van der Waals surface area contributed by atoms with Gasteiger partial charge in [-0.15, -0.1) is 0 Å². The molecule has 0 bridgehead atoms. The fourth-order valence-corrected chi connectivity index (χ4v) is 2.73. The van der Waals surface area contributed by atoms with E-state index in [1.807, 2.05) is 42.5 Å². The lowest BCUT2D eigenvalue weighted by atomic mass is 10.1. The summed E-state index contributed by atoms with van der Waals surface area (Å²) >= 11 is 3.38. The predicted octanol–water partition coefficient (Wildman–Crippen LogP) is 4.75. The fraction of sp³-hybridized carbons (Fsp3) is 0.381. The van der Waals surface area contributed by atoms with Gasteiger partial charge in [0.25, 0.3) is 5.91 Å². The number of nitrogens with one attached hydrogen (secondary N) is 1. The van der Waals surface area contributed by atoms with Gasteiger partial charge in [0.15, 0.2) is 6.10 Å². The molecule has 0 fully saturated rings. The highest BCUT2D eigenvalue weighted by atomic mass is 79.9. The van der Waals surface area contributed by atoms with Crippen LogP contribution in [0.1, 0.15) is 32.3 Å². The van der Waals surface area contributed by atoms with Crippen LogP contribution in [0.3, 0.4) is 0 Å². The van der Waals surface area contributed by atoms with Crippen LogP contribution in [0.4, 0.5) is 0 Å². The van der Waals surface area contributed by atoms with Crippen molar-refractivity contribution in [1.82, 2.24) is 5.32 Å². The minimum Gasteiger partial charge on any atom is -0.493 e. The lowest BCUT2D eigenvalue weighted by Crippen LogP contribution is -2.36.